The van der Waals surface area contributed by atoms with Gasteiger partial charge in [-0.05, 0) is 55.3 Å². The summed E-state index contributed by atoms with van der Waals surface area (Å²) in [4.78, 5) is 62.2. The SMILES string of the molecule is CCCCOc1nc(C(=O)Nc2ccc(C(=O)Nc3ccc(C(=O)OC)nc3OCCCN)nc2OCc2ccccc2)ccc1[N+](=O)[O-]. The van der Waals surface area contributed by atoms with Crippen molar-refractivity contribution in [1.29, 1.82) is 0 Å². The molecule has 4 aromatic rings. The summed E-state index contributed by atoms with van der Waals surface area (Å²) < 4.78 is 21.8. The zero-order chi connectivity index (χ0) is 35.2. The van der Waals surface area contributed by atoms with Crippen LogP contribution in [0.5, 0.6) is 17.6 Å². The lowest BCUT2D eigenvalue weighted by atomic mass is 10.2. The van der Waals surface area contributed by atoms with Crippen molar-refractivity contribution in [3.05, 3.63) is 99.5 Å². The largest absolute Gasteiger partial charge is 0.476 e. The van der Waals surface area contributed by atoms with Gasteiger partial charge in [0.1, 0.15) is 29.4 Å². The summed E-state index contributed by atoms with van der Waals surface area (Å²) in [7, 11) is 1.21. The third-order valence-corrected chi connectivity index (χ3v) is 6.66. The molecule has 4 rings (SSSR count). The van der Waals surface area contributed by atoms with Crippen LogP contribution in [0.25, 0.3) is 0 Å². The van der Waals surface area contributed by atoms with Crippen LogP contribution in [0.1, 0.15) is 63.2 Å². The second-order valence-electron chi connectivity index (χ2n) is 10.2. The minimum absolute atomic E-state index is 0.0252. The van der Waals surface area contributed by atoms with Crippen LogP contribution in [-0.2, 0) is 11.3 Å². The number of rotatable bonds is 17. The molecule has 2 amide bonds. The van der Waals surface area contributed by atoms with Crippen molar-refractivity contribution >= 4 is 34.8 Å². The van der Waals surface area contributed by atoms with Gasteiger partial charge in [0, 0.05) is 6.07 Å². The number of ether oxygens (including phenoxy) is 4. The number of hydrogen-bond donors (Lipinski definition) is 3. The average molecular weight is 674 g/mol. The van der Waals surface area contributed by atoms with Crippen LogP contribution in [-0.4, -0.2) is 64.5 Å². The monoisotopic (exact) mass is 673 g/mol. The predicted molar refractivity (Wildman–Crippen MR) is 177 cm³/mol. The van der Waals surface area contributed by atoms with Gasteiger partial charge in [0.25, 0.3) is 17.7 Å². The van der Waals surface area contributed by atoms with Gasteiger partial charge >= 0.3 is 11.7 Å². The first-order chi connectivity index (χ1) is 23.7. The standard InChI is InChI=1S/C33H35N7O9/c1-3-4-18-48-32-27(40(44)45)16-15-23(38-32)29(42)36-25-12-11-22(37-31(25)49-20-21-9-6-5-7-10-21)28(41)35-24-13-14-26(33(43)46-2)39-30(24)47-19-8-17-34/h5-7,9-16H,3-4,8,17-20,34H2,1-2H3,(H,35,41)(H,36,42). The number of hydrogen-bond acceptors (Lipinski definition) is 13. The number of carbonyl (C=O) groups excluding carboxylic acids is 3. The number of amides is 2. The number of benzene rings is 1. The highest BCUT2D eigenvalue weighted by molar-refractivity contribution is 6.06. The van der Waals surface area contributed by atoms with Crippen LogP contribution < -0.4 is 30.6 Å². The fraction of sp³-hybridized carbons (Fsp3) is 0.273. The number of nitro groups is 1. The zero-order valence-electron chi connectivity index (χ0n) is 26.8. The van der Waals surface area contributed by atoms with Crippen molar-refractivity contribution in [3.8, 4) is 17.6 Å². The highest BCUT2D eigenvalue weighted by Crippen LogP contribution is 2.29. The van der Waals surface area contributed by atoms with Crippen molar-refractivity contribution in [2.24, 2.45) is 5.73 Å². The lowest BCUT2D eigenvalue weighted by Gasteiger charge is -2.15. The highest BCUT2D eigenvalue weighted by atomic mass is 16.6. The molecule has 3 aromatic heterocycles. The third kappa shape index (κ3) is 9.92. The molecule has 16 heteroatoms. The van der Waals surface area contributed by atoms with Gasteiger partial charge in [-0.1, -0.05) is 43.7 Å². The van der Waals surface area contributed by atoms with Crippen LogP contribution >= 0.6 is 0 Å². The minimum Gasteiger partial charge on any atom is -0.476 e. The fourth-order valence-electron chi connectivity index (χ4n) is 4.10. The van der Waals surface area contributed by atoms with E-state index in [0.29, 0.717) is 19.4 Å². The van der Waals surface area contributed by atoms with Crippen LogP contribution in [0, 0.1) is 10.1 Å². The maximum Gasteiger partial charge on any atom is 0.356 e. The first kappa shape index (κ1) is 35.7. The summed E-state index contributed by atoms with van der Waals surface area (Å²) in [6, 6.07) is 17.1. The number of methoxy groups -OCH3 is 1. The molecule has 0 aliphatic heterocycles. The molecular formula is C33H35N7O9. The Morgan fingerprint density at radius 3 is 1.92 bits per heavy atom. The summed E-state index contributed by atoms with van der Waals surface area (Å²) >= 11 is 0. The number of nitrogens with one attached hydrogen (secondary N) is 2. The normalized spacial score (nSPS) is 10.5. The van der Waals surface area contributed by atoms with Gasteiger partial charge in [-0.3, -0.25) is 19.7 Å². The number of nitrogens with zero attached hydrogens (tertiary/aromatic N) is 4. The van der Waals surface area contributed by atoms with Crippen molar-refractivity contribution < 1.29 is 38.3 Å². The van der Waals surface area contributed by atoms with Gasteiger partial charge in [0.05, 0.1) is 25.2 Å². The molecule has 0 fully saturated rings. The quantitative estimate of drug-likeness (QED) is 0.0606. The molecule has 256 valence electrons. The minimum atomic E-state index is -0.727. The summed E-state index contributed by atoms with van der Waals surface area (Å²) in [5.41, 5.74) is 5.95. The van der Waals surface area contributed by atoms with E-state index >= 15 is 0 Å². The highest BCUT2D eigenvalue weighted by Gasteiger charge is 2.23. The van der Waals surface area contributed by atoms with E-state index in [1.807, 2.05) is 37.3 Å². The number of anilines is 2. The Balaban J connectivity index is 1.61. The molecule has 0 saturated heterocycles. The Morgan fingerprint density at radius 2 is 1.31 bits per heavy atom. The Bertz CT molecular complexity index is 1790. The maximum absolute atomic E-state index is 13.4. The van der Waals surface area contributed by atoms with Gasteiger partial charge < -0.3 is 35.3 Å². The smallest absolute Gasteiger partial charge is 0.356 e. The Kier molecular flexibility index (Phi) is 12.9. The number of pyridine rings is 3. The number of unbranched alkanes of at least 4 members (excludes halogenated alkanes) is 1. The Hall–Kier alpha value is -6.16. The molecular weight excluding hydrogens is 638 g/mol. The van der Waals surface area contributed by atoms with E-state index in [2.05, 4.69) is 25.6 Å². The van der Waals surface area contributed by atoms with E-state index < -0.39 is 22.7 Å². The molecule has 16 nitrogen and oxygen atoms in total. The van der Waals surface area contributed by atoms with Gasteiger partial charge in [0.2, 0.25) is 11.8 Å². The van der Waals surface area contributed by atoms with Crippen molar-refractivity contribution in [2.75, 3.05) is 37.5 Å². The number of nitrogens with two attached hydrogens (primary N) is 1. The van der Waals surface area contributed by atoms with Crippen molar-refractivity contribution in [3.63, 3.8) is 0 Å². The van der Waals surface area contributed by atoms with Gasteiger partial charge in [0.15, 0.2) is 5.69 Å². The molecule has 0 aliphatic rings. The number of aromatic nitrogens is 3. The van der Waals surface area contributed by atoms with Crippen LogP contribution in [0.15, 0.2) is 66.7 Å². The first-order valence-electron chi connectivity index (χ1n) is 15.2. The zero-order valence-corrected chi connectivity index (χ0v) is 26.8. The lowest BCUT2D eigenvalue weighted by molar-refractivity contribution is -0.386. The van der Waals surface area contributed by atoms with E-state index in [1.54, 1.807) is 0 Å². The van der Waals surface area contributed by atoms with E-state index in [4.69, 9.17) is 24.7 Å². The Morgan fingerprint density at radius 1 is 0.755 bits per heavy atom. The molecule has 0 unspecified atom stereocenters. The van der Waals surface area contributed by atoms with Crippen LogP contribution in [0.2, 0.25) is 0 Å². The third-order valence-electron chi connectivity index (χ3n) is 6.66. The number of carbonyl (C=O) groups is 3. The molecule has 0 spiro atoms. The van der Waals surface area contributed by atoms with Crippen LogP contribution in [0.3, 0.4) is 0 Å². The molecule has 3 heterocycles. The van der Waals surface area contributed by atoms with E-state index in [-0.39, 0.29) is 71.6 Å². The van der Waals surface area contributed by atoms with Gasteiger partial charge in [-0.15, -0.1) is 0 Å². The van der Waals surface area contributed by atoms with E-state index in [0.717, 1.165) is 18.1 Å². The van der Waals surface area contributed by atoms with Crippen LogP contribution in [0.4, 0.5) is 17.1 Å². The maximum atomic E-state index is 13.4. The second-order valence-corrected chi connectivity index (χ2v) is 10.2. The van der Waals surface area contributed by atoms with Gasteiger partial charge in [-0.25, -0.2) is 19.7 Å². The molecule has 4 N–H and O–H groups in total. The topological polar surface area (TPSA) is 220 Å². The Labute approximate surface area is 281 Å². The lowest BCUT2D eigenvalue weighted by Crippen LogP contribution is -2.19. The molecule has 49 heavy (non-hydrogen) atoms. The predicted octanol–water partition coefficient (Wildman–Crippen LogP) is 4.56. The summed E-state index contributed by atoms with van der Waals surface area (Å²) in [5, 5.41) is 16.8. The summed E-state index contributed by atoms with van der Waals surface area (Å²) in [6.07, 6.45) is 1.93. The first-order valence-corrected chi connectivity index (χ1v) is 15.2. The second kappa shape index (κ2) is 17.7. The van der Waals surface area contributed by atoms with Crippen molar-refractivity contribution in [1.82, 2.24) is 15.0 Å². The fourth-order valence-corrected chi connectivity index (χ4v) is 4.10. The van der Waals surface area contributed by atoms with Crippen molar-refractivity contribution in [2.45, 2.75) is 32.8 Å². The molecule has 1 aromatic carbocycles. The molecule has 0 aliphatic carbocycles. The molecule has 0 bridgehead atoms. The molecule has 0 radical (unpaired) electrons. The summed E-state index contributed by atoms with van der Waals surface area (Å²) in [6.45, 7) is 2.70. The number of esters is 1. The summed E-state index contributed by atoms with van der Waals surface area (Å²) in [5.74, 6) is -2.49. The van der Waals surface area contributed by atoms with Gasteiger partial charge in [-0.2, -0.15) is 0 Å². The molecule has 0 saturated carbocycles. The van der Waals surface area contributed by atoms with E-state index in [1.165, 1.54) is 37.4 Å². The molecule has 0 atom stereocenters. The van der Waals surface area contributed by atoms with E-state index in [9.17, 15) is 24.5 Å². The average Bonchev–Trinajstić information content (AvgIpc) is 3.11.